The molecule has 17 heavy (non-hydrogen) atoms. The van der Waals surface area contributed by atoms with Crippen molar-refractivity contribution in [3.8, 4) is 10.6 Å². The lowest BCUT2D eigenvalue weighted by Crippen LogP contribution is -2.28. The molecular formula is C13H16N2S2. The van der Waals surface area contributed by atoms with E-state index in [1.54, 1.807) is 11.3 Å². The monoisotopic (exact) mass is 264 g/mol. The lowest BCUT2D eigenvalue weighted by atomic mass is 9.95. The van der Waals surface area contributed by atoms with Gasteiger partial charge in [-0.25, -0.2) is 4.98 Å². The van der Waals surface area contributed by atoms with Gasteiger partial charge in [0, 0.05) is 11.8 Å². The van der Waals surface area contributed by atoms with Crippen LogP contribution in [0.4, 0.5) is 0 Å². The summed E-state index contributed by atoms with van der Waals surface area (Å²) in [6.07, 6.45) is 3.76. The molecule has 0 unspecified atom stereocenters. The van der Waals surface area contributed by atoms with Crippen LogP contribution in [-0.4, -0.2) is 18.1 Å². The molecule has 2 aromatic heterocycles. The number of aromatic nitrogens is 1. The zero-order valence-electron chi connectivity index (χ0n) is 9.69. The number of nitrogens with one attached hydrogen (secondary N) is 1. The van der Waals surface area contributed by atoms with Gasteiger partial charge in [-0.2, -0.15) is 0 Å². The van der Waals surface area contributed by atoms with Crippen molar-refractivity contribution in [1.29, 1.82) is 0 Å². The summed E-state index contributed by atoms with van der Waals surface area (Å²) in [5.74, 6) is 0.832. The fourth-order valence-corrected chi connectivity index (χ4v) is 3.95. The molecule has 4 heteroatoms. The summed E-state index contributed by atoms with van der Waals surface area (Å²) in [6, 6.07) is 4.24. The minimum absolute atomic E-state index is 0.832. The van der Waals surface area contributed by atoms with Crippen LogP contribution in [0.1, 0.15) is 17.8 Å². The maximum atomic E-state index is 4.76. The third-order valence-corrected chi connectivity index (χ3v) is 5.01. The van der Waals surface area contributed by atoms with Crippen LogP contribution >= 0.6 is 22.7 Å². The Kier molecular flexibility index (Phi) is 3.54. The summed E-state index contributed by atoms with van der Waals surface area (Å²) in [7, 11) is 0. The maximum absolute atomic E-state index is 4.76. The Labute approximate surface area is 110 Å². The van der Waals surface area contributed by atoms with Crippen molar-refractivity contribution in [3.05, 3.63) is 27.9 Å². The van der Waals surface area contributed by atoms with E-state index in [9.17, 15) is 0 Å². The van der Waals surface area contributed by atoms with Crippen molar-refractivity contribution in [2.75, 3.05) is 13.1 Å². The number of rotatable bonds is 3. The Morgan fingerprint density at radius 3 is 2.94 bits per heavy atom. The van der Waals surface area contributed by atoms with E-state index in [1.807, 2.05) is 11.3 Å². The molecule has 0 bridgehead atoms. The number of thiophene rings is 1. The summed E-state index contributed by atoms with van der Waals surface area (Å²) in [5.41, 5.74) is 1.16. The second kappa shape index (κ2) is 5.29. The van der Waals surface area contributed by atoms with Gasteiger partial charge >= 0.3 is 0 Å². The van der Waals surface area contributed by atoms with Gasteiger partial charge in [0.25, 0.3) is 0 Å². The van der Waals surface area contributed by atoms with Crippen molar-refractivity contribution in [2.45, 2.75) is 19.3 Å². The van der Waals surface area contributed by atoms with E-state index in [0.29, 0.717) is 0 Å². The summed E-state index contributed by atoms with van der Waals surface area (Å²) < 4.78 is 0. The van der Waals surface area contributed by atoms with Crippen LogP contribution in [0.5, 0.6) is 0 Å². The first-order valence-electron chi connectivity index (χ1n) is 6.11. The Hall–Kier alpha value is -0.710. The first-order chi connectivity index (χ1) is 8.42. The molecule has 0 atom stereocenters. The molecule has 2 nitrogen and oxygen atoms in total. The molecule has 1 aliphatic heterocycles. The van der Waals surface area contributed by atoms with E-state index in [4.69, 9.17) is 4.98 Å². The predicted molar refractivity (Wildman–Crippen MR) is 74.7 cm³/mol. The van der Waals surface area contributed by atoms with Gasteiger partial charge in [0.2, 0.25) is 0 Å². The molecule has 0 saturated carbocycles. The minimum Gasteiger partial charge on any atom is -0.317 e. The standard InChI is InChI=1S/C13H16N2S2/c1-2-12(16-7-1)11-9-17-13(15-11)8-10-3-5-14-6-4-10/h1-2,7,9-10,14H,3-6,8H2. The Morgan fingerprint density at radius 1 is 1.29 bits per heavy atom. The van der Waals surface area contributed by atoms with Gasteiger partial charge in [-0.15, -0.1) is 22.7 Å². The smallest absolute Gasteiger partial charge is 0.0935 e. The summed E-state index contributed by atoms with van der Waals surface area (Å²) in [5, 5.41) is 9.03. The van der Waals surface area contributed by atoms with E-state index < -0.39 is 0 Å². The SMILES string of the molecule is c1csc(-c2csc(CC3CCNCC3)n2)c1. The van der Waals surface area contributed by atoms with Gasteiger partial charge in [-0.3, -0.25) is 0 Å². The largest absolute Gasteiger partial charge is 0.317 e. The van der Waals surface area contributed by atoms with E-state index in [0.717, 1.165) is 18.0 Å². The average molecular weight is 264 g/mol. The molecule has 0 amide bonds. The molecule has 1 aliphatic rings. The van der Waals surface area contributed by atoms with Gasteiger partial charge in [0.15, 0.2) is 0 Å². The predicted octanol–water partition coefficient (Wildman–Crippen LogP) is 3.41. The zero-order chi connectivity index (χ0) is 11.5. The van der Waals surface area contributed by atoms with Crippen molar-refractivity contribution in [3.63, 3.8) is 0 Å². The van der Waals surface area contributed by atoms with Crippen LogP contribution in [0, 0.1) is 5.92 Å². The number of hydrogen-bond acceptors (Lipinski definition) is 4. The highest BCUT2D eigenvalue weighted by molar-refractivity contribution is 7.14. The van der Waals surface area contributed by atoms with Gasteiger partial charge < -0.3 is 5.32 Å². The molecule has 0 aromatic carbocycles. The van der Waals surface area contributed by atoms with Gasteiger partial charge in [-0.1, -0.05) is 6.07 Å². The molecule has 1 fully saturated rings. The van der Waals surface area contributed by atoms with E-state index in [2.05, 4.69) is 28.2 Å². The van der Waals surface area contributed by atoms with Crippen molar-refractivity contribution >= 4 is 22.7 Å². The quantitative estimate of drug-likeness (QED) is 0.919. The maximum Gasteiger partial charge on any atom is 0.0935 e. The molecule has 3 heterocycles. The molecular weight excluding hydrogens is 248 g/mol. The molecule has 3 rings (SSSR count). The van der Waals surface area contributed by atoms with Crippen LogP contribution in [0.3, 0.4) is 0 Å². The third kappa shape index (κ3) is 2.76. The van der Waals surface area contributed by atoms with Crippen LogP contribution < -0.4 is 5.32 Å². The van der Waals surface area contributed by atoms with Crippen LogP contribution in [0.25, 0.3) is 10.6 Å². The molecule has 1 saturated heterocycles. The molecule has 2 aromatic rings. The van der Waals surface area contributed by atoms with Gasteiger partial charge in [0.05, 0.1) is 15.6 Å². The highest BCUT2D eigenvalue weighted by atomic mass is 32.1. The van der Waals surface area contributed by atoms with E-state index >= 15 is 0 Å². The highest BCUT2D eigenvalue weighted by Crippen LogP contribution is 2.28. The fraction of sp³-hybridized carbons (Fsp3) is 0.462. The fourth-order valence-electron chi connectivity index (χ4n) is 2.27. The Balaban J connectivity index is 1.68. The zero-order valence-corrected chi connectivity index (χ0v) is 11.3. The lowest BCUT2D eigenvalue weighted by molar-refractivity contribution is 0.372. The van der Waals surface area contributed by atoms with Gasteiger partial charge in [-0.05, 0) is 43.3 Å². The molecule has 0 aliphatic carbocycles. The minimum atomic E-state index is 0.832. The van der Waals surface area contributed by atoms with Crippen molar-refractivity contribution < 1.29 is 0 Å². The van der Waals surface area contributed by atoms with Crippen molar-refractivity contribution in [1.82, 2.24) is 10.3 Å². The van der Waals surface area contributed by atoms with Crippen LogP contribution in [0.2, 0.25) is 0 Å². The third-order valence-electron chi connectivity index (χ3n) is 3.25. The lowest BCUT2D eigenvalue weighted by Gasteiger charge is -2.21. The van der Waals surface area contributed by atoms with E-state index in [-0.39, 0.29) is 0 Å². The Bertz CT molecular complexity index is 455. The number of hydrogen-bond donors (Lipinski definition) is 1. The highest BCUT2D eigenvalue weighted by Gasteiger charge is 2.15. The summed E-state index contributed by atoms with van der Waals surface area (Å²) in [4.78, 5) is 6.04. The number of piperidine rings is 1. The first kappa shape index (κ1) is 11.4. The molecule has 0 radical (unpaired) electrons. The van der Waals surface area contributed by atoms with Crippen LogP contribution in [0.15, 0.2) is 22.9 Å². The van der Waals surface area contributed by atoms with E-state index in [1.165, 1.54) is 35.8 Å². The first-order valence-corrected chi connectivity index (χ1v) is 7.87. The topological polar surface area (TPSA) is 24.9 Å². The summed E-state index contributed by atoms with van der Waals surface area (Å²) in [6.45, 7) is 2.35. The normalized spacial score (nSPS) is 17.4. The number of nitrogens with zero attached hydrogens (tertiary/aromatic N) is 1. The summed E-state index contributed by atoms with van der Waals surface area (Å²) >= 11 is 3.59. The average Bonchev–Trinajstić information content (AvgIpc) is 3.00. The van der Waals surface area contributed by atoms with Crippen LogP contribution in [-0.2, 0) is 6.42 Å². The number of thiazole rings is 1. The second-order valence-corrected chi connectivity index (χ2v) is 6.39. The second-order valence-electron chi connectivity index (χ2n) is 4.50. The molecule has 0 spiro atoms. The van der Waals surface area contributed by atoms with Crippen molar-refractivity contribution in [2.24, 2.45) is 5.92 Å². The Morgan fingerprint density at radius 2 is 2.18 bits per heavy atom. The molecule has 1 N–H and O–H groups in total. The van der Waals surface area contributed by atoms with Gasteiger partial charge in [0.1, 0.15) is 0 Å². The molecule has 90 valence electrons.